The summed E-state index contributed by atoms with van der Waals surface area (Å²) in [6, 6.07) is 0. The van der Waals surface area contributed by atoms with Crippen molar-refractivity contribution in [2.24, 2.45) is 0 Å². The van der Waals surface area contributed by atoms with E-state index in [1.807, 2.05) is 13.8 Å². The molecule has 0 rings (SSSR count). The molecule has 0 amide bonds. The molecule has 0 radical (unpaired) electrons. The summed E-state index contributed by atoms with van der Waals surface area (Å²) in [6.45, 7) is 5.67. The molecule has 0 aliphatic heterocycles. The number of rotatable bonds is 3. The van der Waals surface area contributed by atoms with Crippen LogP contribution in [0.5, 0.6) is 0 Å². The predicted octanol–water partition coefficient (Wildman–Crippen LogP) is 1.59. The van der Waals surface area contributed by atoms with Gasteiger partial charge in [0.25, 0.3) is 0 Å². The average Bonchev–Trinajstić information content (AvgIpc) is 1.90. The maximum Gasteiger partial charge on any atom is 0.537 e. The SMILES string of the molecule is CCOCC.O=P(O)(F)OO. The molecule has 11 heavy (non-hydrogen) atoms. The summed E-state index contributed by atoms with van der Waals surface area (Å²) >= 11 is 0. The fourth-order valence-corrected chi connectivity index (χ4v) is 0.204. The second-order valence-electron chi connectivity index (χ2n) is 1.31. The molecule has 0 aliphatic carbocycles. The second kappa shape index (κ2) is 8.10. The maximum atomic E-state index is 10.8. The first-order chi connectivity index (χ1) is 4.97. The number of halogens is 1. The fraction of sp³-hybridized carbons (Fsp3) is 1.00. The van der Waals surface area contributed by atoms with Crippen LogP contribution in [0.3, 0.4) is 0 Å². The highest BCUT2D eigenvalue weighted by molar-refractivity contribution is 7.46. The van der Waals surface area contributed by atoms with Crippen molar-refractivity contribution in [3.63, 3.8) is 0 Å². The first-order valence-corrected chi connectivity index (χ1v) is 4.38. The molecule has 70 valence electrons. The number of hydrogen-bond donors (Lipinski definition) is 2. The van der Waals surface area contributed by atoms with E-state index in [2.05, 4.69) is 4.67 Å². The average molecular weight is 190 g/mol. The highest BCUT2D eigenvalue weighted by Crippen LogP contribution is 2.41. The standard InChI is InChI=1S/C4H10O.FH2O4P/c1-3-5-4-2;1-6(3,4)5-2/h3-4H2,1-2H3;2H,(H,3,4). The van der Waals surface area contributed by atoms with E-state index < -0.39 is 7.91 Å². The van der Waals surface area contributed by atoms with E-state index in [0.717, 1.165) is 13.2 Å². The highest BCUT2D eigenvalue weighted by atomic mass is 31.2. The molecule has 5 nitrogen and oxygen atoms in total. The summed E-state index contributed by atoms with van der Waals surface area (Å²) < 4.78 is 27.0. The Hall–Kier alpha value is -0.0000000000000000416. The third-order valence-electron chi connectivity index (χ3n) is 0.509. The Bertz CT molecular complexity index is 111. The van der Waals surface area contributed by atoms with Gasteiger partial charge < -0.3 is 4.74 Å². The molecule has 0 aliphatic rings. The smallest absolute Gasteiger partial charge is 0.382 e. The normalized spacial score (nSPS) is 14.6. The van der Waals surface area contributed by atoms with Gasteiger partial charge in [-0.15, -0.1) is 8.87 Å². The summed E-state index contributed by atoms with van der Waals surface area (Å²) in [5, 5.41) is 7.01. The molecular weight excluding hydrogens is 178 g/mol. The zero-order valence-corrected chi connectivity index (χ0v) is 7.25. The summed E-state index contributed by atoms with van der Waals surface area (Å²) in [4.78, 5) is 7.24. The van der Waals surface area contributed by atoms with Gasteiger partial charge in [0, 0.05) is 13.2 Å². The molecule has 2 N–H and O–H groups in total. The Morgan fingerprint density at radius 2 is 1.73 bits per heavy atom. The van der Waals surface area contributed by atoms with Crippen molar-refractivity contribution < 1.29 is 28.3 Å². The highest BCUT2D eigenvalue weighted by Gasteiger charge is 2.14. The van der Waals surface area contributed by atoms with E-state index in [-0.39, 0.29) is 0 Å². The van der Waals surface area contributed by atoms with Gasteiger partial charge in [-0.2, -0.15) is 0 Å². The molecule has 0 saturated heterocycles. The van der Waals surface area contributed by atoms with Gasteiger partial charge in [0.1, 0.15) is 0 Å². The Kier molecular flexibility index (Phi) is 10.0. The summed E-state index contributed by atoms with van der Waals surface area (Å²) in [7, 11) is -5.09. The molecule has 0 aromatic heterocycles. The van der Waals surface area contributed by atoms with E-state index in [1.54, 1.807) is 0 Å². The van der Waals surface area contributed by atoms with Gasteiger partial charge in [0.05, 0.1) is 0 Å². The third kappa shape index (κ3) is 25.6. The van der Waals surface area contributed by atoms with Crippen molar-refractivity contribution in [1.29, 1.82) is 0 Å². The third-order valence-corrected chi connectivity index (χ3v) is 0.710. The minimum atomic E-state index is -5.09. The van der Waals surface area contributed by atoms with Crippen LogP contribution in [0.1, 0.15) is 13.8 Å². The van der Waals surface area contributed by atoms with Gasteiger partial charge in [-0.25, -0.2) is 9.82 Å². The van der Waals surface area contributed by atoms with E-state index in [9.17, 15) is 4.20 Å². The minimum Gasteiger partial charge on any atom is -0.382 e. The van der Waals surface area contributed by atoms with Crippen LogP contribution in [-0.4, -0.2) is 23.4 Å². The van der Waals surface area contributed by atoms with Gasteiger partial charge in [-0.1, -0.05) is 0 Å². The monoisotopic (exact) mass is 190 g/mol. The van der Waals surface area contributed by atoms with Crippen molar-refractivity contribution in [2.45, 2.75) is 13.8 Å². The zero-order chi connectivity index (χ0) is 9.33. The second-order valence-corrected chi connectivity index (χ2v) is 2.38. The Morgan fingerprint density at radius 1 is 1.45 bits per heavy atom. The molecule has 7 heteroatoms. The lowest BCUT2D eigenvalue weighted by atomic mass is 10.8. The van der Waals surface area contributed by atoms with Gasteiger partial charge in [-0.05, 0) is 13.8 Å². The van der Waals surface area contributed by atoms with Crippen LogP contribution in [0.4, 0.5) is 4.20 Å². The molecule has 1 atom stereocenters. The van der Waals surface area contributed by atoms with Crippen LogP contribution >= 0.6 is 7.91 Å². The molecular formula is C4H12FO5P. The summed E-state index contributed by atoms with van der Waals surface area (Å²) in [5.74, 6) is 0. The van der Waals surface area contributed by atoms with Crippen LogP contribution in [0.15, 0.2) is 0 Å². The fourth-order valence-electron chi connectivity index (χ4n) is 0.204. The van der Waals surface area contributed by atoms with Crippen LogP contribution in [0, 0.1) is 0 Å². The van der Waals surface area contributed by atoms with Gasteiger partial charge in [0.2, 0.25) is 0 Å². The van der Waals surface area contributed by atoms with E-state index in [1.165, 1.54) is 0 Å². The molecule has 0 bridgehead atoms. The minimum absolute atomic E-state index is 0.844. The first kappa shape index (κ1) is 13.6. The molecule has 0 saturated carbocycles. The Balaban J connectivity index is 0. The van der Waals surface area contributed by atoms with Gasteiger partial charge in [-0.3, -0.25) is 4.89 Å². The molecule has 1 unspecified atom stereocenters. The van der Waals surface area contributed by atoms with E-state index >= 15 is 0 Å². The largest absolute Gasteiger partial charge is 0.537 e. The van der Waals surface area contributed by atoms with Crippen molar-refractivity contribution in [1.82, 2.24) is 0 Å². The van der Waals surface area contributed by atoms with E-state index in [4.69, 9.17) is 19.5 Å². The molecule has 0 fully saturated rings. The van der Waals surface area contributed by atoms with Crippen LogP contribution in [0.25, 0.3) is 0 Å². The summed E-state index contributed by atoms with van der Waals surface area (Å²) in [5.41, 5.74) is 0. The molecule has 0 heterocycles. The summed E-state index contributed by atoms with van der Waals surface area (Å²) in [6.07, 6.45) is 0. The lowest BCUT2D eigenvalue weighted by Crippen LogP contribution is -1.84. The maximum absolute atomic E-state index is 10.8. The quantitative estimate of drug-likeness (QED) is 0.401. The lowest BCUT2D eigenvalue weighted by Gasteiger charge is -1.87. The first-order valence-electron chi connectivity index (χ1n) is 2.91. The van der Waals surface area contributed by atoms with Gasteiger partial charge in [0.15, 0.2) is 0 Å². The number of ether oxygens (including phenoxy) is 1. The van der Waals surface area contributed by atoms with Crippen molar-refractivity contribution in [3.05, 3.63) is 0 Å². The van der Waals surface area contributed by atoms with Gasteiger partial charge >= 0.3 is 7.91 Å². The zero-order valence-electron chi connectivity index (χ0n) is 6.36. The van der Waals surface area contributed by atoms with Crippen molar-refractivity contribution >= 4 is 7.91 Å². The molecule has 0 spiro atoms. The van der Waals surface area contributed by atoms with Crippen LogP contribution in [0.2, 0.25) is 0 Å². The van der Waals surface area contributed by atoms with Crippen LogP contribution in [-0.2, 0) is 14.0 Å². The van der Waals surface area contributed by atoms with Crippen molar-refractivity contribution in [2.75, 3.05) is 13.2 Å². The van der Waals surface area contributed by atoms with Crippen LogP contribution < -0.4 is 0 Å². The Labute approximate surface area is 64.3 Å². The number of hydrogen-bond acceptors (Lipinski definition) is 4. The molecule has 0 aromatic carbocycles. The van der Waals surface area contributed by atoms with E-state index in [0.29, 0.717) is 0 Å². The predicted molar refractivity (Wildman–Crippen MR) is 36.8 cm³/mol. The Morgan fingerprint density at radius 3 is 1.73 bits per heavy atom. The topological polar surface area (TPSA) is 76.0 Å². The lowest BCUT2D eigenvalue weighted by molar-refractivity contribution is -0.153. The van der Waals surface area contributed by atoms with Crippen molar-refractivity contribution in [3.8, 4) is 0 Å². The molecule has 0 aromatic rings.